The molecule has 0 rings (SSSR count). The number of nitriles is 2. The van der Waals surface area contributed by atoms with E-state index in [2.05, 4.69) is 12.1 Å². The van der Waals surface area contributed by atoms with Gasteiger partial charge in [-0.3, -0.25) is 0 Å². The van der Waals surface area contributed by atoms with Gasteiger partial charge in [0.1, 0.15) is 0 Å². The smallest absolute Gasteiger partial charge is 0.0694 e. The Morgan fingerprint density at radius 3 is 2.33 bits per heavy atom. The molecule has 0 aromatic heterocycles. The Labute approximate surface area is 74.1 Å². The molecule has 0 N–H and O–H groups in total. The van der Waals surface area contributed by atoms with Gasteiger partial charge in [0.15, 0.2) is 0 Å². The van der Waals surface area contributed by atoms with E-state index in [0.29, 0.717) is 0 Å². The Kier molecular flexibility index (Phi) is 4.81. The number of hydrogen-bond acceptors (Lipinski definition) is 2. The van der Waals surface area contributed by atoms with Crippen LogP contribution >= 0.6 is 0 Å². The van der Waals surface area contributed by atoms with E-state index in [1.165, 1.54) is 0 Å². The van der Waals surface area contributed by atoms with Crippen molar-refractivity contribution in [1.82, 2.24) is 0 Å². The molecule has 2 heteroatoms. The van der Waals surface area contributed by atoms with E-state index in [4.69, 9.17) is 10.5 Å². The molecule has 0 amide bonds. The lowest BCUT2D eigenvalue weighted by Gasteiger charge is -2.02. The molecule has 0 fully saturated rings. The minimum atomic E-state index is -0.0455. The Morgan fingerprint density at radius 1 is 1.33 bits per heavy atom. The van der Waals surface area contributed by atoms with Crippen LogP contribution in [-0.2, 0) is 0 Å². The zero-order valence-corrected chi connectivity index (χ0v) is 7.83. The molecule has 0 radical (unpaired) electrons. The summed E-state index contributed by atoms with van der Waals surface area (Å²) in [4.78, 5) is 0. The molecule has 2 nitrogen and oxygen atoms in total. The predicted molar refractivity (Wildman–Crippen MR) is 47.9 cm³/mol. The first-order valence-corrected chi connectivity index (χ1v) is 4.06. The molecule has 0 heterocycles. The molecule has 64 valence electrons. The number of hydrogen-bond donors (Lipinski definition) is 0. The van der Waals surface area contributed by atoms with Gasteiger partial charge in [0.25, 0.3) is 0 Å². The van der Waals surface area contributed by atoms with E-state index in [1.807, 2.05) is 26.8 Å². The molecule has 0 aliphatic carbocycles. The van der Waals surface area contributed by atoms with Crippen molar-refractivity contribution in [2.45, 2.75) is 27.2 Å². The first kappa shape index (κ1) is 10.7. The zero-order chi connectivity index (χ0) is 9.56. The topological polar surface area (TPSA) is 47.6 Å². The molecule has 0 spiro atoms. The van der Waals surface area contributed by atoms with Gasteiger partial charge in [0, 0.05) is 5.92 Å². The second-order valence-corrected chi connectivity index (χ2v) is 3.17. The largest absolute Gasteiger partial charge is 0.198 e. The van der Waals surface area contributed by atoms with Crippen LogP contribution in [0.3, 0.4) is 0 Å². The van der Waals surface area contributed by atoms with E-state index in [-0.39, 0.29) is 11.8 Å². The van der Waals surface area contributed by atoms with Crippen molar-refractivity contribution in [3.63, 3.8) is 0 Å². The van der Waals surface area contributed by atoms with E-state index in [1.54, 1.807) is 0 Å². The van der Waals surface area contributed by atoms with Gasteiger partial charge >= 0.3 is 0 Å². The van der Waals surface area contributed by atoms with Gasteiger partial charge < -0.3 is 0 Å². The highest BCUT2D eigenvalue weighted by Crippen LogP contribution is 2.11. The fourth-order valence-corrected chi connectivity index (χ4v) is 1.06. The van der Waals surface area contributed by atoms with Crippen LogP contribution in [0.5, 0.6) is 0 Å². The molecule has 0 aliphatic rings. The van der Waals surface area contributed by atoms with Crippen LogP contribution in [0.4, 0.5) is 0 Å². The van der Waals surface area contributed by atoms with E-state index in [9.17, 15) is 0 Å². The maximum Gasteiger partial charge on any atom is 0.0694 e. The Morgan fingerprint density at radius 2 is 1.92 bits per heavy atom. The lowest BCUT2D eigenvalue weighted by Crippen LogP contribution is -1.93. The van der Waals surface area contributed by atoms with Crippen LogP contribution in [0.2, 0.25) is 0 Å². The molecule has 0 aromatic carbocycles. The van der Waals surface area contributed by atoms with Gasteiger partial charge in [-0.15, -0.1) is 0 Å². The summed E-state index contributed by atoms with van der Waals surface area (Å²) in [6.45, 7) is 5.69. The Hall–Kier alpha value is -1.28. The van der Waals surface area contributed by atoms with Gasteiger partial charge in [-0.1, -0.05) is 11.6 Å². The summed E-state index contributed by atoms with van der Waals surface area (Å²) in [6.07, 6.45) is 2.68. The maximum atomic E-state index is 8.53. The first-order valence-electron chi connectivity index (χ1n) is 4.06. The minimum absolute atomic E-state index is 0.0455. The van der Waals surface area contributed by atoms with Gasteiger partial charge in [-0.2, -0.15) is 10.5 Å². The highest BCUT2D eigenvalue weighted by atomic mass is 14.3. The molecule has 0 bridgehead atoms. The number of nitrogens with zero attached hydrogens (tertiary/aromatic N) is 2. The normalized spacial score (nSPS) is 15.9. The van der Waals surface area contributed by atoms with Gasteiger partial charge in [-0.05, 0) is 27.2 Å². The van der Waals surface area contributed by atoms with E-state index < -0.39 is 0 Å². The zero-order valence-electron chi connectivity index (χ0n) is 7.83. The number of allylic oxidation sites excluding steroid dienone is 2. The van der Waals surface area contributed by atoms with Crippen molar-refractivity contribution in [3.05, 3.63) is 11.6 Å². The molecule has 0 saturated carbocycles. The fourth-order valence-electron chi connectivity index (χ4n) is 1.06. The van der Waals surface area contributed by atoms with Crippen molar-refractivity contribution >= 4 is 0 Å². The molecule has 0 saturated heterocycles. The predicted octanol–water partition coefficient (Wildman–Crippen LogP) is 2.64. The summed E-state index contributed by atoms with van der Waals surface area (Å²) in [5.41, 5.74) is 1.12. The van der Waals surface area contributed by atoms with Gasteiger partial charge in [-0.25, -0.2) is 0 Å². The quantitative estimate of drug-likeness (QED) is 0.599. The van der Waals surface area contributed by atoms with Gasteiger partial charge in [0.05, 0.1) is 18.1 Å². The highest BCUT2D eigenvalue weighted by Gasteiger charge is 2.01. The van der Waals surface area contributed by atoms with Crippen molar-refractivity contribution in [1.29, 1.82) is 10.5 Å². The summed E-state index contributed by atoms with van der Waals surface area (Å²) < 4.78 is 0. The molecule has 0 aromatic rings. The van der Waals surface area contributed by atoms with Gasteiger partial charge in [0.2, 0.25) is 0 Å². The van der Waals surface area contributed by atoms with E-state index >= 15 is 0 Å². The van der Waals surface area contributed by atoms with Crippen molar-refractivity contribution in [2.24, 2.45) is 11.8 Å². The third-order valence-corrected chi connectivity index (χ3v) is 1.59. The highest BCUT2D eigenvalue weighted by molar-refractivity contribution is 5.08. The van der Waals surface area contributed by atoms with Crippen LogP contribution in [-0.4, -0.2) is 0 Å². The summed E-state index contributed by atoms with van der Waals surface area (Å²) in [6, 6.07) is 4.29. The molecule has 2 unspecified atom stereocenters. The maximum absolute atomic E-state index is 8.53. The third kappa shape index (κ3) is 4.52. The van der Waals surface area contributed by atoms with Crippen LogP contribution in [0.15, 0.2) is 11.6 Å². The summed E-state index contributed by atoms with van der Waals surface area (Å²) in [5, 5.41) is 17.0. The SMILES string of the molecule is C/C(=C\C(C)C#N)CC(C)C#N. The van der Waals surface area contributed by atoms with E-state index in [0.717, 1.165) is 12.0 Å². The summed E-state index contributed by atoms with van der Waals surface area (Å²) in [5.74, 6) is 0.00281. The number of rotatable bonds is 3. The van der Waals surface area contributed by atoms with Crippen LogP contribution in [0.1, 0.15) is 27.2 Å². The van der Waals surface area contributed by atoms with Crippen molar-refractivity contribution in [2.75, 3.05) is 0 Å². The lowest BCUT2D eigenvalue weighted by atomic mass is 10.0. The fraction of sp³-hybridized carbons (Fsp3) is 0.600. The summed E-state index contributed by atoms with van der Waals surface area (Å²) in [7, 11) is 0. The van der Waals surface area contributed by atoms with Crippen molar-refractivity contribution in [3.8, 4) is 12.1 Å². The average molecular weight is 162 g/mol. The van der Waals surface area contributed by atoms with Crippen LogP contribution in [0.25, 0.3) is 0 Å². The standard InChI is InChI=1S/C10H14N2/c1-8(4-9(2)6-11)5-10(3)7-12/h4,9-10H,5H2,1-3H3/b8-4+. The molecule has 2 atom stereocenters. The Bertz CT molecular complexity index is 240. The molecular formula is C10H14N2. The second kappa shape index (κ2) is 5.38. The Balaban J connectivity index is 4.06. The van der Waals surface area contributed by atoms with Crippen LogP contribution in [0, 0.1) is 34.5 Å². The molecular weight excluding hydrogens is 148 g/mol. The molecule has 0 aliphatic heterocycles. The second-order valence-electron chi connectivity index (χ2n) is 3.17. The molecule has 12 heavy (non-hydrogen) atoms. The average Bonchev–Trinajstić information content (AvgIpc) is 2.03. The van der Waals surface area contributed by atoms with Crippen LogP contribution < -0.4 is 0 Å². The first-order chi connectivity index (χ1) is 5.60. The third-order valence-electron chi connectivity index (χ3n) is 1.59. The van der Waals surface area contributed by atoms with Crippen molar-refractivity contribution < 1.29 is 0 Å². The summed E-state index contributed by atoms with van der Waals surface area (Å²) >= 11 is 0. The minimum Gasteiger partial charge on any atom is -0.198 e. The monoisotopic (exact) mass is 162 g/mol. The lowest BCUT2D eigenvalue weighted by molar-refractivity contribution is 0.723.